The molecular formula is C40H50F6N6O10S. The predicted octanol–water partition coefficient (Wildman–Crippen LogP) is 4.95. The van der Waals surface area contributed by atoms with Gasteiger partial charge < -0.3 is 34.5 Å². The Hall–Kier alpha value is -4.93. The van der Waals surface area contributed by atoms with E-state index in [-0.39, 0.29) is 42.1 Å². The van der Waals surface area contributed by atoms with Crippen molar-refractivity contribution in [1.29, 1.82) is 0 Å². The summed E-state index contributed by atoms with van der Waals surface area (Å²) in [5.74, 6) is -5.81. The molecule has 3 fully saturated rings. The Labute approximate surface area is 359 Å². The number of amides is 4. The number of methoxy groups -OCH3 is 2. The summed E-state index contributed by atoms with van der Waals surface area (Å²) in [5.41, 5.74) is -6.60. The Kier molecular flexibility index (Phi) is 13.0. The number of ether oxygens (including phenoxy) is 4. The molecular weight excluding hydrogens is 871 g/mol. The van der Waals surface area contributed by atoms with Gasteiger partial charge >= 0.3 is 18.4 Å². The van der Waals surface area contributed by atoms with Crippen LogP contribution >= 0.6 is 0 Å². The van der Waals surface area contributed by atoms with Gasteiger partial charge in [-0.25, -0.2) is 23.2 Å². The molecule has 0 unspecified atom stereocenters. The topological polar surface area (TPSA) is 204 Å². The molecule has 7 atom stereocenters. The number of nitrogens with zero attached hydrogens (tertiary/aromatic N) is 3. The number of nitrogens with one attached hydrogen (secondary N) is 3. The van der Waals surface area contributed by atoms with Crippen molar-refractivity contribution in [1.82, 2.24) is 30.2 Å². The smallest absolute Gasteiger partial charge is 0.438 e. The van der Waals surface area contributed by atoms with E-state index in [0.29, 0.717) is 39.5 Å². The molecule has 3 heterocycles. The molecule has 1 aromatic carbocycles. The van der Waals surface area contributed by atoms with Crippen LogP contribution in [0.15, 0.2) is 30.4 Å². The highest BCUT2D eigenvalue weighted by Gasteiger charge is 2.63. The molecule has 348 valence electrons. The summed E-state index contributed by atoms with van der Waals surface area (Å²) in [5, 5.41) is 4.88. The van der Waals surface area contributed by atoms with Crippen LogP contribution in [-0.4, -0.2) is 115 Å². The van der Waals surface area contributed by atoms with Crippen LogP contribution in [0, 0.1) is 17.8 Å². The number of alkyl halides is 6. The predicted molar refractivity (Wildman–Crippen MR) is 210 cm³/mol. The van der Waals surface area contributed by atoms with Crippen molar-refractivity contribution in [2.24, 2.45) is 17.8 Å². The van der Waals surface area contributed by atoms with Crippen LogP contribution in [0.1, 0.15) is 78.3 Å². The van der Waals surface area contributed by atoms with Crippen molar-refractivity contribution in [3.8, 4) is 11.6 Å². The van der Waals surface area contributed by atoms with Gasteiger partial charge in [0.25, 0.3) is 5.91 Å². The molecule has 23 heteroatoms. The monoisotopic (exact) mass is 920 g/mol. The Morgan fingerprint density at radius 1 is 1.03 bits per heavy atom. The minimum absolute atomic E-state index is 0.0462. The first-order valence-corrected chi connectivity index (χ1v) is 21.7. The normalized spacial score (nSPS) is 28.3. The summed E-state index contributed by atoms with van der Waals surface area (Å²) in [6.45, 7) is 3.62. The summed E-state index contributed by atoms with van der Waals surface area (Å²) < 4.78 is 134. The molecule has 2 aliphatic heterocycles. The van der Waals surface area contributed by atoms with Gasteiger partial charge in [-0.05, 0) is 77.3 Å². The molecule has 4 amide bonds. The number of aromatic nitrogens is 2. The third-order valence-corrected chi connectivity index (χ3v) is 14.3. The lowest BCUT2D eigenvalue weighted by atomic mass is 9.87. The minimum Gasteiger partial charge on any atom is -0.497 e. The van der Waals surface area contributed by atoms with Crippen LogP contribution in [-0.2, 0) is 40.1 Å². The number of halogens is 6. The van der Waals surface area contributed by atoms with Gasteiger partial charge in [0.1, 0.15) is 29.5 Å². The fourth-order valence-electron chi connectivity index (χ4n) is 7.81. The first-order chi connectivity index (χ1) is 29.2. The second-order valence-electron chi connectivity index (χ2n) is 17.4. The molecule has 4 aliphatic rings. The first-order valence-electron chi connectivity index (χ1n) is 20.2. The lowest BCUT2D eigenvalue weighted by molar-refractivity contribution is -0.244. The van der Waals surface area contributed by atoms with Crippen LogP contribution in [0.5, 0.6) is 11.6 Å². The highest BCUT2D eigenvalue weighted by Crippen LogP contribution is 2.48. The van der Waals surface area contributed by atoms with Crippen LogP contribution in [0.3, 0.4) is 0 Å². The van der Waals surface area contributed by atoms with Gasteiger partial charge in [0.05, 0.1) is 36.0 Å². The summed E-state index contributed by atoms with van der Waals surface area (Å²) in [6, 6.07) is 0.527. The fourth-order valence-corrected chi connectivity index (χ4v) is 9.12. The second-order valence-corrected chi connectivity index (χ2v) is 19.6. The highest BCUT2D eigenvalue weighted by molar-refractivity contribution is 7.91. The van der Waals surface area contributed by atoms with E-state index in [4.69, 9.17) is 18.9 Å². The lowest BCUT2D eigenvalue weighted by Gasteiger charge is -2.35. The van der Waals surface area contributed by atoms with Crippen LogP contribution in [0.25, 0.3) is 11.0 Å². The van der Waals surface area contributed by atoms with E-state index in [9.17, 15) is 53.9 Å². The third-order valence-electron chi connectivity index (χ3n) is 12.2. The van der Waals surface area contributed by atoms with Gasteiger partial charge in [-0.1, -0.05) is 19.1 Å². The Balaban J connectivity index is 1.41. The lowest BCUT2D eigenvalue weighted by Crippen LogP contribution is -2.60. The molecule has 63 heavy (non-hydrogen) atoms. The molecule has 3 N–H and O–H groups in total. The molecule has 0 radical (unpaired) electrons. The number of carbonyl (C=O) groups is 4. The number of rotatable bonds is 10. The SMILES string of the molecule is COC[C@@H]1C[C@H](C)CC/C=C\[C@H]2C[C@]2(C(=O)NS(=O)(=O)C2(C)CC2)NC(=O)[C@@H]2C[C@@H](Oc3nc4cc(OC)ccc4nc3C(F)(F)F)CN2C(=O)[C@H]1NC(=O)OC(C)(C)C(F)(F)F. The molecule has 2 saturated carbocycles. The fraction of sp³-hybridized carbons (Fsp3) is 0.650. The van der Waals surface area contributed by atoms with Crippen molar-refractivity contribution >= 4 is 44.9 Å². The average molecular weight is 921 g/mol. The molecule has 16 nitrogen and oxygen atoms in total. The number of carbonyl (C=O) groups excluding carboxylic acids is 4. The Bertz CT molecular complexity index is 2250. The van der Waals surface area contributed by atoms with Crippen molar-refractivity contribution in [2.75, 3.05) is 27.4 Å². The Morgan fingerprint density at radius 3 is 2.35 bits per heavy atom. The van der Waals surface area contributed by atoms with E-state index < -0.39 is 117 Å². The van der Waals surface area contributed by atoms with Crippen molar-refractivity contribution in [3.05, 3.63) is 36.0 Å². The standard InChI is InChI=1S/C40H50F6N6O10S/c1-21-9-7-8-10-23-18-38(23,34(55)51-63(57,58)37(4)13-14-37)50-31(53)28-17-25(61-32-30(39(41,42)43)47-26-12-11-24(60-6)16-27(26)48-32)19-52(28)33(54)29(22(15-21)20-59-5)49-35(56)62-36(2,3)40(44,45)46/h8,10-12,16,21-23,25,28-29H,7,9,13-15,17-20H2,1-6H3,(H,49,56)(H,50,53)(H,51,55)/b10-8-/t21-,22+,23+,25-,28+,29+,38+/m1/s1. The number of hydrogen-bond donors (Lipinski definition) is 3. The van der Waals surface area contributed by atoms with Gasteiger partial charge in [0.2, 0.25) is 39.0 Å². The van der Waals surface area contributed by atoms with Gasteiger partial charge in [0.15, 0.2) is 0 Å². The van der Waals surface area contributed by atoms with E-state index in [1.807, 2.05) is 6.92 Å². The summed E-state index contributed by atoms with van der Waals surface area (Å²) in [4.78, 5) is 65.4. The Morgan fingerprint density at radius 2 is 1.73 bits per heavy atom. The molecule has 1 aromatic heterocycles. The van der Waals surface area contributed by atoms with E-state index in [2.05, 4.69) is 25.3 Å². The average Bonchev–Trinajstić information content (AvgIpc) is 4.06. The molecule has 2 aliphatic carbocycles. The summed E-state index contributed by atoms with van der Waals surface area (Å²) in [7, 11) is -1.58. The van der Waals surface area contributed by atoms with Crippen molar-refractivity contribution in [3.63, 3.8) is 0 Å². The van der Waals surface area contributed by atoms with E-state index in [1.165, 1.54) is 39.3 Å². The zero-order chi connectivity index (χ0) is 46.5. The zero-order valence-corrected chi connectivity index (χ0v) is 36.1. The molecule has 0 bridgehead atoms. The van der Waals surface area contributed by atoms with Crippen molar-refractivity contribution in [2.45, 2.75) is 119 Å². The second kappa shape index (κ2) is 17.2. The number of benzene rings is 1. The number of allylic oxidation sites excluding steroid dienone is 1. The summed E-state index contributed by atoms with van der Waals surface area (Å²) in [6.07, 6.45) is -8.77. The number of alkyl carbamates (subject to hydrolysis) is 1. The molecule has 1 saturated heterocycles. The van der Waals surface area contributed by atoms with Gasteiger partial charge in [0, 0.05) is 31.4 Å². The first kappa shape index (κ1) is 47.5. The van der Waals surface area contributed by atoms with E-state index in [0.717, 1.165) is 4.90 Å². The van der Waals surface area contributed by atoms with Crippen molar-refractivity contribution < 1.29 is 72.9 Å². The zero-order valence-electron chi connectivity index (χ0n) is 35.3. The third kappa shape index (κ3) is 10.1. The maximum Gasteiger partial charge on any atom is 0.438 e. The highest BCUT2D eigenvalue weighted by atomic mass is 32.2. The van der Waals surface area contributed by atoms with E-state index in [1.54, 1.807) is 12.2 Å². The molecule has 0 spiro atoms. The largest absolute Gasteiger partial charge is 0.497 e. The maximum absolute atomic E-state index is 14.9. The maximum atomic E-state index is 14.9. The van der Waals surface area contributed by atoms with E-state index >= 15 is 0 Å². The summed E-state index contributed by atoms with van der Waals surface area (Å²) >= 11 is 0. The molecule has 2 aromatic rings. The van der Waals surface area contributed by atoms with Gasteiger partial charge in [-0.2, -0.15) is 26.3 Å². The number of fused-ring (bicyclic) bond motifs is 3. The minimum atomic E-state index is -5.11. The van der Waals surface area contributed by atoms with Crippen LogP contribution in [0.2, 0.25) is 0 Å². The van der Waals surface area contributed by atoms with Gasteiger partial charge in [-0.15, -0.1) is 0 Å². The molecule has 6 rings (SSSR count). The van der Waals surface area contributed by atoms with Crippen LogP contribution in [0.4, 0.5) is 31.1 Å². The van der Waals surface area contributed by atoms with Crippen LogP contribution < -0.4 is 24.8 Å². The van der Waals surface area contributed by atoms with Gasteiger partial charge in [-0.3, -0.25) is 19.1 Å². The number of hydrogen-bond acceptors (Lipinski definition) is 12. The quantitative estimate of drug-likeness (QED) is 0.214. The number of sulfonamides is 1.